The van der Waals surface area contributed by atoms with Crippen molar-refractivity contribution in [3.8, 4) is 5.75 Å². The molecule has 3 nitrogen and oxygen atoms in total. The molecule has 0 fully saturated rings. The molecule has 3 rings (SSSR count). The average Bonchev–Trinajstić information content (AvgIpc) is 2.66. The highest BCUT2D eigenvalue weighted by atomic mass is 16.5. The van der Waals surface area contributed by atoms with Crippen molar-refractivity contribution in [3.63, 3.8) is 0 Å². The predicted molar refractivity (Wildman–Crippen MR) is 98.1 cm³/mol. The number of rotatable bonds is 7. The zero-order valence-corrected chi connectivity index (χ0v) is 13.4. The van der Waals surface area contributed by atoms with Crippen molar-refractivity contribution in [2.24, 2.45) is 5.10 Å². The van der Waals surface area contributed by atoms with Crippen LogP contribution in [0.3, 0.4) is 0 Å². The molecule has 24 heavy (non-hydrogen) atoms. The Bertz CT molecular complexity index is 753. The number of hydrogen-bond acceptors (Lipinski definition) is 3. The highest BCUT2D eigenvalue weighted by Gasteiger charge is 1.96. The molecule has 0 atom stereocenters. The van der Waals surface area contributed by atoms with Crippen LogP contribution in [-0.4, -0.2) is 6.21 Å². The topological polar surface area (TPSA) is 33.6 Å². The molecule has 0 saturated carbocycles. The van der Waals surface area contributed by atoms with E-state index in [1.807, 2.05) is 66.9 Å². The summed E-state index contributed by atoms with van der Waals surface area (Å²) in [4.78, 5) is 0. The Kier molecular flexibility index (Phi) is 5.62. The van der Waals surface area contributed by atoms with Crippen molar-refractivity contribution >= 4 is 6.21 Å². The molecule has 3 aromatic rings. The lowest BCUT2D eigenvalue weighted by atomic mass is 10.2. The fourth-order valence-corrected chi connectivity index (χ4v) is 2.24. The van der Waals surface area contributed by atoms with Crippen LogP contribution in [0.1, 0.15) is 16.7 Å². The molecule has 0 spiro atoms. The van der Waals surface area contributed by atoms with E-state index in [1.165, 1.54) is 5.56 Å². The van der Waals surface area contributed by atoms with E-state index >= 15 is 0 Å². The summed E-state index contributed by atoms with van der Waals surface area (Å²) < 4.78 is 5.77. The Hall–Kier alpha value is -3.07. The van der Waals surface area contributed by atoms with Gasteiger partial charge in [0.1, 0.15) is 12.4 Å². The molecule has 0 radical (unpaired) electrons. The second kappa shape index (κ2) is 8.53. The summed E-state index contributed by atoms with van der Waals surface area (Å²) in [6.45, 7) is 1.29. The quantitative estimate of drug-likeness (QED) is 0.518. The molecule has 0 aromatic heterocycles. The molecule has 0 heterocycles. The number of hydrogen-bond donors (Lipinski definition) is 1. The average molecular weight is 316 g/mol. The molecular weight excluding hydrogens is 296 g/mol. The second-order valence-corrected chi connectivity index (χ2v) is 5.42. The third kappa shape index (κ3) is 4.99. The minimum absolute atomic E-state index is 0.576. The number of hydrazone groups is 1. The van der Waals surface area contributed by atoms with Crippen LogP contribution < -0.4 is 10.2 Å². The van der Waals surface area contributed by atoms with E-state index in [0.717, 1.165) is 23.4 Å². The lowest BCUT2D eigenvalue weighted by Crippen LogP contribution is -2.05. The van der Waals surface area contributed by atoms with E-state index in [4.69, 9.17) is 4.74 Å². The van der Waals surface area contributed by atoms with Gasteiger partial charge in [0.15, 0.2) is 0 Å². The lowest BCUT2D eigenvalue weighted by molar-refractivity contribution is 0.306. The van der Waals surface area contributed by atoms with Crippen LogP contribution in [0.15, 0.2) is 90.0 Å². The summed E-state index contributed by atoms with van der Waals surface area (Å²) in [5, 5.41) is 4.24. The van der Waals surface area contributed by atoms with Crippen LogP contribution in [0.2, 0.25) is 0 Å². The van der Waals surface area contributed by atoms with Crippen molar-refractivity contribution in [2.75, 3.05) is 0 Å². The van der Waals surface area contributed by atoms with Crippen LogP contribution in [0, 0.1) is 0 Å². The van der Waals surface area contributed by atoms with E-state index in [0.29, 0.717) is 6.61 Å². The normalized spacial score (nSPS) is 10.7. The maximum absolute atomic E-state index is 5.77. The van der Waals surface area contributed by atoms with Crippen LogP contribution in [0.4, 0.5) is 0 Å². The molecule has 120 valence electrons. The molecule has 0 aliphatic heterocycles. The second-order valence-electron chi connectivity index (χ2n) is 5.42. The maximum atomic E-state index is 5.77. The summed E-state index contributed by atoms with van der Waals surface area (Å²) in [5.74, 6) is 0.855. The highest BCUT2D eigenvalue weighted by molar-refractivity contribution is 5.79. The third-order valence-corrected chi connectivity index (χ3v) is 3.56. The van der Waals surface area contributed by atoms with Gasteiger partial charge in [-0.3, -0.25) is 0 Å². The maximum Gasteiger partial charge on any atom is 0.119 e. The van der Waals surface area contributed by atoms with E-state index in [2.05, 4.69) is 34.8 Å². The van der Waals surface area contributed by atoms with Gasteiger partial charge in [0.25, 0.3) is 0 Å². The first kappa shape index (κ1) is 15.8. The molecule has 0 bridgehead atoms. The Morgan fingerprint density at radius 3 is 2.04 bits per heavy atom. The van der Waals surface area contributed by atoms with Crippen LogP contribution in [-0.2, 0) is 13.2 Å². The molecule has 3 aromatic carbocycles. The lowest BCUT2D eigenvalue weighted by Gasteiger charge is -2.06. The number of nitrogens with one attached hydrogen (secondary N) is 1. The van der Waals surface area contributed by atoms with Crippen molar-refractivity contribution in [2.45, 2.75) is 13.2 Å². The summed E-state index contributed by atoms with van der Waals surface area (Å²) in [5.41, 5.74) is 6.45. The fraction of sp³-hybridized carbons (Fsp3) is 0.0952. The van der Waals surface area contributed by atoms with Gasteiger partial charge in [-0.05, 0) is 41.0 Å². The summed E-state index contributed by atoms with van der Waals surface area (Å²) in [6, 6.07) is 28.2. The minimum Gasteiger partial charge on any atom is -0.489 e. The summed E-state index contributed by atoms with van der Waals surface area (Å²) >= 11 is 0. The molecule has 0 amide bonds. The zero-order valence-electron chi connectivity index (χ0n) is 13.4. The molecule has 0 aliphatic rings. The van der Waals surface area contributed by atoms with Crippen LogP contribution in [0.25, 0.3) is 0 Å². The standard InChI is InChI=1S/C21H20N2O/c1-3-7-18(8-4-1)15-22-23-16-19-11-13-21(14-12-19)24-17-20-9-5-2-6-10-20/h1-14,16,22H,15,17H2. The van der Waals surface area contributed by atoms with Gasteiger partial charge in [0, 0.05) is 0 Å². The molecule has 0 saturated heterocycles. The summed E-state index contributed by atoms with van der Waals surface area (Å²) in [7, 11) is 0. The van der Waals surface area contributed by atoms with Gasteiger partial charge in [0.2, 0.25) is 0 Å². The number of nitrogens with zero attached hydrogens (tertiary/aromatic N) is 1. The molecule has 3 heteroatoms. The van der Waals surface area contributed by atoms with Gasteiger partial charge < -0.3 is 10.2 Å². The molecule has 0 unspecified atom stereocenters. The smallest absolute Gasteiger partial charge is 0.119 e. The fourth-order valence-electron chi connectivity index (χ4n) is 2.24. The Balaban J connectivity index is 1.46. The monoisotopic (exact) mass is 316 g/mol. The van der Waals surface area contributed by atoms with Gasteiger partial charge >= 0.3 is 0 Å². The van der Waals surface area contributed by atoms with Crippen molar-refractivity contribution in [1.29, 1.82) is 0 Å². The van der Waals surface area contributed by atoms with Gasteiger partial charge in [-0.2, -0.15) is 5.10 Å². The highest BCUT2D eigenvalue weighted by Crippen LogP contribution is 2.13. The van der Waals surface area contributed by atoms with Crippen LogP contribution in [0.5, 0.6) is 5.75 Å². The molecular formula is C21H20N2O. The predicted octanol–water partition coefficient (Wildman–Crippen LogP) is 4.39. The van der Waals surface area contributed by atoms with Crippen molar-refractivity contribution in [1.82, 2.24) is 5.43 Å². The van der Waals surface area contributed by atoms with Crippen LogP contribution >= 0.6 is 0 Å². The Labute approximate surface area is 142 Å². The van der Waals surface area contributed by atoms with Crippen molar-refractivity contribution < 1.29 is 4.74 Å². The number of ether oxygens (including phenoxy) is 1. The van der Waals surface area contributed by atoms with E-state index in [1.54, 1.807) is 0 Å². The van der Waals surface area contributed by atoms with E-state index < -0.39 is 0 Å². The summed E-state index contributed by atoms with van der Waals surface area (Å²) in [6.07, 6.45) is 1.81. The molecule has 0 aliphatic carbocycles. The zero-order chi connectivity index (χ0) is 16.5. The Morgan fingerprint density at radius 1 is 0.750 bits per heavy atom. The first-order valence-electron chi connectivity index (χ1n) is 7.97. The van der Waals surface area contributed by atoms with Gasteiger partial charge in [-0.15, -0.1) is 0 Å². The Morgan fingerprint density at radius 2 is 1.38 bits per heavy atom. The number of benzene rings is 3. The van der Waals surface area contributed by atoms with Gasteiger partial charge in [-0.1, -0.05) is 60.7 Å². The first-order valence-corrected chi connectivity index (χ1v) is 7.97. The SMILES string of the molecule is C(=NNCc1ccccc1)c1ccc(OCc2ccccc2)cc1. The van der Waals surface area contributed by atoms with Gasteiger partial charge in [0.05, 0.1) is 12.8 Å². The molecule has 1 N–H and O–H groups in total. The van der Waals surface area contributed by atoms with Crippen molar-refractivity contribution in [3.05, 3.63) is 102 Å². The van der Waals surface area contributed by atoms with Gasteiger partial charge in [-0.25, -0.2) is 0 Å². The first-order chi connectivity index (χ1) is 11.9. The largest absolute Gasteiger partial charge is 0.489 e. The van der Waals surface area contributed by atoms with E-state index in [9.17, 15) is 0 Å². The third-order valence-electron chi connectivity index (χ3n) is 3.56. The minimum atomic E-state index is 0.576. The van der Waals surface area contributed by atoms with E-state index in [-0.39, 0.29) is 0 Å².